The number of thiophene rings is 1. The molecule has 2 nitrogen and oxygen atoms in total. The second-order valence-corrected chi connectivity index (χ2v) is 5.51. The molecule has 0 fully saturated rings. The molecular formula is C11H15ClF3NOS. The van der Waals surface area contributed by atoms with Gasteiger partial charge in [0.15, 0.2) is 0 Å². The molecule has 0 aromatic carbocycles. The molecule has 0 spiro atoms. The van der Waals surface area contributed by atoms with Crippen LogP contribution in [-0.2, 0) is 11.3 Å². The molecule has 0 atom stereocenters. The average molecular weight is 302 g/mol. The lowest BCUT2D eigenvalue weighted by Crippen LogP contribution is -2.19. The van der Waals surface area contributed by atoms with Gasteiger partial charge in [0.1, 0.15) is 0 Å². The van der Waals surface area contributed by atoms with Crippen LogP contribution in [0, 0.1) is 0 Å². The molecule has 1 rings (SSSR count). The molecule has 0 unspecified atom stereocenters. The van der Waals surface area contributed by atoms with Crippen molar-refractivity contribution < 1.29 is 17.9 Å². The van der Waals surface area contributed by atoms with Crippen LogP contribution in [0.4, 0.5) is 13.2 Å². The highest BCUT2D eigenvalue weighted by molar-refractivity contribution is 7.16. The fourth-order valence-electron chi connectivity index (χ4n) is 1.28. The van der Waals surface area contributed by atoms with Crippen LogP contribution in [0.5, 0.6) is 0 Å². The van der Waals surface area contributed by atoms with Crippen LogP contribution in [0.2, 0.25) is 4.34 Å². The van der Waals surface area contributed by atoms with Crippen molar-refractivity contribution in [2.24, 2.45) is 0 Å². The third-order valence-corrected chi connectivity index (χ3v) is 3.33. The lowest BCUT2D eigenvalue weighted by molar-refractivity contribution is -0.137. The summed E-state index contributed by atoms with van der Waals surface area (Å²) in [5.74, 6) is 0. The fourth-order valence-corrected chi connectivity index (χ4v) is 2.34. The Morgan fingerprint density at radius 1 is 1.28 bits per heavy atom. The van der Waals surface area contributed by atoms with E-state index < -0.39 is 12.6 Å². The summed E-state index contributed by atoms with van der Waals surface area (Å²) in [6, 6.07) is 3.76. The highest BCUT2D eigenvalue weighted by Gasteiger charge is 2.25. The number of nitrogens with one attached hydrogen (secondary N) is 1. The van der Waals surface area contributed by atoms with E-state index in [1.54, 1.807) is 0 Å². The van der Waals surface area contributed by atoms with Crippen LogP contribution in [0.3, 0.4) is 0 Å². The zero-order chi connectivity index (χ0) is 13.4. The Morgan fingerprint density at radius 2 is 2.06 bits per heavy atom. The maximum absolute atomic E-state index is 11.8. The fraction of sp³-hybridized carbons (Fsp3) is 0.636. The molecule has 1 aromatic rings. The van der Waals surface area contributed by atoms with Gasteiger partial charge >= 0.3 is 6.18 Å². The van der Waals surface area contributed by atoms with Gasteiger partial charge in [0.25, 0.3) is 0 Å². The predicted molar refractivity (Wildman–Crippen MR) is 67.1 cm³/mol. The molecule has 18 heavy (non-hydrogen) atoms. The number of hydrogen-bond donors (Lipinski definition) is 1. The first-order chi connectivity index (χ1) is 8.47. The summed E-state index contributed by atoms with van der Waals surface area (Å²) in [5, 5.41) is 3.13. The van der Waals surface area contributed by atoms with Crippen LogP contribution >= 0.6 is 22.9 Å². The Morgan fingerprint density at radius 3 is 2.67 bits per heavy atom. The molecule has 1 N–H and O–H groups in total. The van der Waals surface area contributed by atoms with E-state index in [4.69, 9.17) is 16.3 Å². The van der Waals surface area contributed by atoms with E-state index in [0.717, 1.165) is 9.21 Å². The topological polar surface area (TPSA) is 21.3 Å². The summed E-state index contributed by atoms with van der Waals surface area (Å²) in [7, 11) is 0. The number of alkyl halides is 3. The molecule has 104 valence electrons. The Kier molecular flexibility index (Phi) is 6.99. The van der Waals surface area contributed by atoms with Gasteiger partial charge in [-0.1, -0.05) is 11.6 Å². The number of rotatable bonds is 8. The highest BCUT2D eigenvalue weighted by atomic mass is 35.5. The van der Waals surface area contributed by atoms with E-state index in [1.165, 1.54) is 11.3 Å². The number of hydrogen-bond acceptors (Lipinski definition) is 3. The van der Waals surface area contributed by atoms with Crippen molar-refractivity contribution in [3.8, 4) is 0 Å². The van der Waals surface area contributed by atoms with Crippen molar-refractivity contribution in [2.45, 2.75) is 25.6 Å². The Labute approximate surface area is 113 Å². The van der Waals surface area contributed by atoms with Crippen LogP contribution in [0.15, 0.2) is 12.1 Å². The van der Waals surface area contributed by atoms with Crippen molar-refractivity contribution >= 4 is 22.9 Å². The Bertz CT molecular complexity index is 343. The quantitative estimate of drug-likeness (QED) is 0.736. The van der Waals surface area contributed by atoms with Crippen molar-refractivity contribution in [1.82, 2.24) is 5.32 Å². The van der Waals surface area contributed by atoms with E-state index in [9.17, 15) is 13.2 Å². The predicted octanol–water partition coefficient (Wildman–Crippen LogP) is 3.85. The van der Waals surface area contributed by atoms with E-state index in [1.807, 2.05) is 12.1 Å². The molecule has 0 aliphatic carbocycles. The van der Waals surface area contributed by atoms with Crippen molar-refractivity contribution in [1.29, 1.82) is 0 Å². The van der Waals surface area contributed by atoms with Crippen LogP contribution in [0.25, 0.3) is 0 Å². The van der Waals surface area contributed by atoms with Crippen LogP contribution < -0.4 is 5.32 Å². The second-order valence-electron chi connectivity index (χ2n) is 3.71. The van der Waals surface area contributed by atoms with Gasteiger partial charge in [-0.05, 0) is 18.6 Å². The van der Waals surface area contributed by atoms with Gasteiger partial charge in [0.05, 0.1) is 10.9 Å². The minimum atomic E-state index is -4.08. The summed E-state index contributed by atoms with van der Waals surface area (Å²) >= 11 is 7.27. The summed E-state index contributed by atoms with van der Waals surface area (Å²) in [6.07, 6.45) is -4.85. The van der Waals surface area contributed by atoms with Crippen molar-refractivity contribution in [2.75, 3.05) is 19.8 Å². The summed E-state index contributed by atoms with van der Waals surface area (Å²) in [5.41, 5.74) is 0. The highest BCUT2D eigenvalue weighted by Crippen LogP contribution is 2.21. The largest absolute Gasteiger partial charge is 0.389 e. The van der Waals surface area contributed by atoms with E-state index in [2.05, 4.69) is 5.32 Å². The van der Waals surface area contributed by atoms with Crippen molar-refractivity contribution in [3.05, 3.63) is 21.3 Å². The minimum Gasteiger partial charge on any atom is -0.380 e. The molecule has 0 aliphatic heterocycles. The molecule has 1 heterocycles. The molecule has 7 heteroatoms. The van der Waals surface area contributed by atoms with Gasteiger partial charge in [-0.15, -0.1) is 11.3 Å². The van der Waals surface area contributed by atoms with Gasteiger partial charge in [-0.25, -0.2) is 0 Å². The first-order valence-electron chi connectivity index (χ1n) is 5.57. The number of halogens is 4. The van der Waals surface area contributed by atoms with Gasteiger partial charge < -0.3 is 10.1 Å². The maximum Gasteiger partial charge on any atom is 0.389 e. The van der Waals surface area contributed by atoms with Crippen molar-refractivity contribution in [3.63, 3.8) is 0 Å². The third kappa shape index (κ3) is 7.92. The summed E-state index contributed by atoms with van der Waals surface area (Å²) in [4.78, 5) is 1.12. The smallest absolute Gasteiger partial charge is 0.380 e. The van der Waals surface area contributed by atoms with Gasteiger partial charge in [0, 0.05) is 31.0 Å². The third-order valence-electron chi connectivity index (χ3n) is 2.10. The lowest BCUT2D eigenvalue weighted by Gasteiger charge is -2.07. The van der Waals surface area contributed by atoms with E-state index in [0.29, 0.717) is 19.7 Å². The van der Waals surface area contributed by atoms with Crippen LogP contribution in [-0.4, -0.2) is 25.9 Å². The molecule has 0 saturated heterocycles. The SMILES string of the molecule is FC(F)(F)CCCOCCNCc1ccc(Cl)s1. The first kappa shape index (κ1) is 15.8. The first-order valence-corrected chi connectivity index (χ1v) is 6.76. The molecule has 0 radical (unpaired) electrons. The Balaban J connectivity index is 1.90. The minimum absolute atomic E-state index is 0.0179. The molecular weight excluding hydrogens is 287 g/mol. The van der Waals surface area contributed by atoms with Gasteiger partial charge in [-0.2, -0.15) is 13.2 Å². The molecule has 0 saturated carbocycles. The monoisotopic (exact) mass is 301 g/mol. The van der Waals surface area contributed by atoms with Crippen LogP contribution in [0.1, 0.15) is 17.7 Å². The molecule has 0 amide bonds. The van der Waals surface area contributed by atoms with Gasteiger partial charge in [0.2, 0.25) is 0 Å². The second kappa shape index (κ2) is 7.99. The number of ether oxygens (including phenoxy) is 1. The normalized spacial score (nSPS) is 12.0. The summed E-state index contributed by atoms with van der Waals surface area (Å²) < 4.78 is 41.2. The van der Waals surface area contributed by atoms with E-state index >= 15 is 0 Å². The zero-order valence-corrected chi connectivity index (χ0v) is 11.3. The molecule has 0 aliphatic rings. The Hall–Kier alpha value is -0.300. The zero-order valence-electron chi connectivity index (χ0n) is 9.73. The van der Waals surface area contributed by atoms with E-state index in [-0.39, 0.29) is 13.0 Å². The average Bonchev–Trinajstić information content (AvgIpc) is 2.67. The molecule has 0 bridgehead atoms. The van der Waals surface area contributed by atoms with Gasteiger partial charge in [-0.3, -0.25) is 0 Å². The lowest BCUT2D eigenvalue weighted by atomic mass is 10.3. The standard InChI is InChI=1S/C11H15ClF3NOS/c12-10-3-2-9(18-10)8-16-5-7-17-6-1-4-11(13,14)15/h2-3,16H,1,4-8H2. The molecule has 1 aromatic heterocycles. The maximum atomic E-state index is 11.8. The summed E-state index contributed by atoms with van der Waals surface area (Å²) in [6.45, 7) is 1.87.